The van der Waals surface area contributed by atoms with E-state index in [1.165, 1.54) is 0 Å². The smallest absolute Gasteiger partial charge is 0.250 e. The van der Waals surface area contributed by atoms with Crippen LogP contribution in [0, 0.1) is 0 Å². The van der Waals surface area contributed by atoms with Gasteiger partial charge in [-0.3, -0.25) is 4.98 Å². The van der Waals surface area contributed by atoms with Crippen molar-refractivity contribution < 1.29 is 17.7 Å². The molecular weight excluding hydrogens is 346 g/mol. The number of carbonyl (C=O) groups is 1. The molecule has 0 saturated carbocycles. The van der Waals surface area contributed by atoms with Crippen molar-refractivity contribution in [1.29, 1.82) is 0 Å². The number of carbonyl (C=O) groups excluding carboxylic acids is 1. The minimum Gasteiger partial charge on any atom is -0.330 e. The summed E-state index contributed by atoms with van der Waals surface area (Å²) in [6.45, 7) is 0.524. The molecule has 0 fully saturated rings. The van der Waals surface area contributed by atoms with E-state index in [0.29, 0.717) is 11.0 Å². The quantitative estimate of drug-likeness (QED) is 0.569. The fourth-order valence-electron chi connectivity index (χ4n) is 2.33. The van der Waals surface area contributed by atoms with Crippen LogP contribution >= 0.6 is 11.3 Å². The standard InChI is InChI=1S/C16H22N3O3S2/c1-19(2,3)12-13(9-11-20)18-24(21,22)16-8-7-15(23-16)14-6-4-5-10-17-14/h4-8,10-11,13,18H,9,12H2,1-3H3/q+1. The highest BCUT2D eigenvalue weighted by Crippen LogP contribution is 2.29. The molecule has 1 atom stereocenters. The Kier molecular flexibility index (Phi) is 5.87. The Morgan fingerprint density at radius 1 is 1.25 bits per heavy atom. The molecule has 2 rings (SSSR count). The molecule has 0 bridgehead atoms. The van der Waals surface area contributed by atoms with E-state index in [0.717, 1.165) is 28.2 Å². The third-order valence-corrected chi connectivity index (χ3v) is 6.35. The molecule has 2 aromatic heterocycles. The van der Waals surface area contributed by atoms with Crippen LogP contribution in [-0.2, 0) is 14.8 Å². The van der Waals surface area contributed by atoms with Gasteiger partial charge in [-0.25, -0.2) is 13.1 Å². The predicted molar refractivity (Wildman–Crippen MR) is 95.2 cm³/mol. The molecule has 1 unspecified atom stereocenters. The highest BCUT2D eigenvalue weighted by molar-refractivity contribution is 7.91. The highest BCUT2D eigenvalue weighted by atomic mass is 32.2. The lowest BCUT2D eigenvalue weighted by atomic mass is 10.2. The first-order valence-corrected chi connectivity index (χ1v) is 9.79. The Labute approximate surface area is 146 Å². The largest absolute Gasteiger partial charge is 0.330 e. The monoisotopic (exact) mass is 368 g/mol. The summed E-state index contributed by atoms with van der Waals surface area (Å²) >= 11 is 1.16. The second-order valence-corrected chi connectivity index (χ2v) is 9.55. The minimum atomic E-state index is -3.67. The van der Waals surface area contributed by atoms with Crippen molar-refractivity contribution in [3.63, 3.8) is 0 Å². The summed E-state index contributed by atoms with van der Waals surface area (Å²) in [6, 6.07) is 8.38. The third-order valence-electron chi connectivity index (χ3n) is 3.23. The van der Waals surface area contributed by atoms with Crippen molar-refractivity contribution >= 4 is 27.6 Å². The van der Waals surface area contributed by atoms with Gasteiger partial charge in [-0.15, -0.1) is 11.3 Å². The maximum atomic E-state index is 12.6. The normalized spacial score (nSPS) is 13.6. The Hall–Kier alpha value is -1.61. The van der Waals surface area contributed by atoms with E-state index in [1.54, 1.807) is 18.3 Å². The summed E-state index contributed by atoms with van der Waals surface area (Å²) in [5, 5.41) is 0. The molecule has 0 aliphatic rings. The molecule has 0 aliphatic heterocycles. The zero-order valence-electron chi connectivity index (χ0n) is 14.0. The second kappa shape index (κ2) is 7.52. The maximum Gasteiger partial charge on any atom is 0.250 e. The molecule has 0 aromatic carbocycles. The van der Waals surface area contributed by atoms with E-state index in [9.17, 15) is 13.2 Å². The SMILES string of the molecule is C[N+](C)(C)CC(CC=O)NS(=O)(=O)c1ccc(-c2ccccn2)s1. The first kappa shape index (κ1) is 18.7. The number of hydrogen-bond acceptors (Lipinski definition) is 5. The van der Waals surface area contributed by atoms with E-state index in [1.807, 2.05) is 39.3 Å². The molecule has 2 heterocycles. The zero-order chi connectivity index (χ0) is 17.8. The topological polar surface area (TPSA) is 76.1 Å². The van der Waals surface area contributed by atoms with Gasteiger partial charge in [-0.05, 0) is 24.3 Å². The summed E-state index contributed by atoms with van der Waals surface area (Å²) < 4.78 is 28.6. The van der Waals surface area contributed by atoms with Gasteiger partial charge in [0.05, 0.1) is 44.3 Å². The van der Waals surface area contributed by atoms with Gasteiger partial charge in [0, 0.05) is 12.6 Å². The first-order valence-electron chi connectivity index (χ1n) is 7.49. The molecule has 0 spiro atoms. The van der Waals surface area contributed by atoms with Gasteiger partial charge in [0.1, 0.15) is 10.5 Å². The van der Waals surface area contributed by atoms with Gasteiger partial charge >= 0.3 is 0 Å². The first-order chi connectivity index (χ1) is 11.2. The fourth-order valence-corrected chi connectivity index (χ4v) is 4.87. The van der Waals surface area contributed by atoms with Gasteiger partial charge in [-0.2, -0.15) is 0 Å². The Morgan fingerprint density at radius 2 is 2.00 bits per heavy atom. The van der Waals surface area contributed by atoms with Gasteiger partial charge in [-0.1, -0.05) is 6.07 Å². The molecule has 8 heteroatoms. The van der Waals surface area contributed by atoms with Crippen molar-refractivity contribution in [2.75, 3.05) is 27.7 Å². The molecule has 6 nitrogen and oxygen atoms in total. The molecule has 1 N–H and O–H groups in total. The van der Waals surface area contributed by atoms with E-state index in [4.69, 9.17) is 0 Å². The van der Waals surface area contributed by atoms with E-state index in [-0.39, 0.29) is 10.6 Å². The number of quaternary nitrogens is 1. The number of aldehydes is 1. The van der Waals surface area contributed by atoms with Crippen molar-refractivity contribution in [2.45, 2.75) is 16.7 Å². The third kappa shape index (κ3) is 5.20. The lowest BCUT2D eigenvalue weighted by molar-refractivity contribution is -0.871. The van der Waals surface area contributed by atoms with Crippen LogP contribution in [-0.4, -0.2) is 57.9 Å². The molecule has 0 amide bonds. The molecular formula is C16H22N3O3S2+. The van der Waals surface area contributed by atoms with Gasteiger partial charge in [0.2, 0.25) is 0 Å². The van der Waals surface area contributed by atoms with Crippen LogP contribution < -0.4 is 4.72 Å². The van der Waals surface area contributed by atoms with E-state index in [2.05, 4.69) is 9.71 Å². The number of hydrogen-bond donors (Lipinski definition) is 1. The van der Waals surface area contributed by atoms with Crippen molar-refractivity contribution in [1.82, 2.24) is 9.71 Å². The number of rotatable bonds is 8. The maximum absolute atomic E-state index is 12.6. The molecule has 0 radical (unpaired) electrons. The zero-order valence-corrected chi connectivity index (χ0v) is 15.6. The van der Waals surface area contributed by atoms with Crippen LogP contribution in [0.25, 0.3) is 10.6 Å². The lowest BCUT2D eigenvalue weighted by Gasteiger charge is -2.28. The summed E-state index contributed by atoms with van der Waals surface area (Å²) in [7, 11) is 2.19. The van der Waals surface area contributed by atoms with Crippen molar-refractivity contribution in [3.8, 4) is 10.6 Å². The van der Waals surface area contributed by atoms with Crippen LogP contribution in [0.1, 0.15) is 6.42 Å². The summed E-state index contributed by atoms with van der Waals surface area (Å²) in [5.41, 5.74) is 0.736. The number of likely N-dealkylation sites (N-methyl/N-ethyl adjacent to an activating group) is 1. The lowest BCUT2D eigenvalue weighted by Crippen LogP contribution is -2.48. The Bertz CT molecular complexity index is 780. The Morgan fingerprint density at radius 3 is 2.58 bits per heavy atom. The summed E-state index contributed by atoms with van der Waals surface area (Å²) in [4.78, 5) is 15.9. The molecule has 0 saturated heterocycles. The fraction of sp³-hybridized carbons (Fsp3) is 0.375. The summed E-state index contributed by atoms with van der Waals surface area (Å²) in [5.74, 6) is 0. The van der Waals surface area contributed by atoms with Crippen LogP contribution in [0.2, 0.25) is 0 Å². The van der Waals surface area contributed by atoms with Crippen molar-refractivity contribution in [2.24, 2.45) is 0 Å². The van der Waals surface area contributed by atoms with Gasteiger partial charge in [0.15, 0.2) is 0 Å². The average molecular weight is 369 g/mol. The van der Waals surface area contributed by atoms with E-state index < -0.39 is 16.1 Å². The number of thiophene rings is 1. The van der Waals surface area contributed by atoms with Crippen LogP contribution in [0.5, 0.6) is 0 Å². The minimum absolute atomic E-state index is 0.146. The predicted octanol–water partition coefficient (Wildman–Crippen LogP) is 1.75. The second-order valence-electron chi connectivity index (χ2n) is 6.53. The van der Waals surface area contributed by atoms with E-state index >= 15 is 0 Å². The number of nitrogens with one attached hydrogen (secondary N) is 1. The molecule has 130 valence electrons. The molecule has 0 aliphatic carbocycles. The average Bonchev–Trinajstić information content (AvgIpc) is 2.97. The number of aromatic nitrogens is 1. The molecule has 2 aromatic rings. The number of nitrogens with zero attached hydrogens (tertiary/aromatic N) is 2. The number of pyridine rings is 1. The van der Waals surface area contributed by atoms with Crippen LogP contribution in [0.3, 0.4) is 0 Å². The molecule has 24 heavy (non-hydrogen) atoms. The number of sulfonamides is 1. The van der Waals surface area contributed by atoms with Crippen molar-refractivity contribution in [3.05, 3.63) is 36.5 Å². The Balaban J connectivity index is 2.20. The van der Waals surface area contributed by atoms with Crippen LogP contribution in [0.4, 0.5) is 0 Å². The van der Waals surface area contributed by atoms with Crippen LogP contribution in [0.15, 0.2) is 40.7 Å². The highest BCUT2D eigenvalue weighted by Gasteiger charge is 2.26. The van der Waals surface area contributed by atoms with Gasteiger partial charge < -0.3 is 9.28 Å². The summed E-state index contributed by atoms with van der Waals surface area (Å²) in [6.07, 6.45) is 2.56. The van der Waals surface area contributed by atoms with Gasteiger partial charge in [0.25, 0.3) is 10.0 Å².